The van der Waals surface area contributed by atoms with Crippen molar-refractivity contribution in [2.75, 3.05) is 7.11 Å². The molecule has 1 amide bonds. The molecular formula is C14H23NO4. The lowest BCUT2D eigenvalue weighted by atomic mass is 9.84. The van der Waals surface area contributed by atoms with E-state index in [4.69, 9.17) is 4.74 Å². The van der Waals surface area contributed by atoms with Crippen LogP contribution in [0.15, 0.2) is 0 Å². The molecule has 1 aliphatic heterocycles. The number of amides is 1. The fraction of sp³-hybridized carbons (Fsp3) is 0.857. The summed E-state index contributed by atoms with van der Waals surface area (Å²) >= 11 is 0. The number of carboxylic acids is 1. The van der Waals surface area contributed by atoms with Gasteiger partial charge in [0.1, 0.15) is 6.04 Å². The van der Waals surface area contributed by atoms with Crippen LogP contribution in [0.2, 0.25) is 0 Å². The number of aliphatic carboxylic acids is 1. The van der Waals surface area contributed by atoms with Crippen molar-refractivity contribution in [1.82, 2.24) is 4.90 Å². The number of carbonyl (C=O) groups is 2. The number of carbonyl (C=O) groups excluding carboxylic acids is 1. The van der Waals surface area contributed by atoms with Crippen LogP contribution < -0.4 is 0 Å². The quantitative estimate of drug-likeness (QED) is 0.842. The molecule has 2 aliphatic rings. The van der Waals surface area contributed by atoms with E-state index in [1.165, 1.54) is 0 Å². The van der Waals surface area contributed by atoms with Crippen molar-refractivity contribution in [3.63, 3.8) is 0 Å². The second kappa shape index (κ2) is 5.90. The van der Waals surface area contributed by atoms with Crippen LogP contribution in [-0.2, 0) is 14.3 Å². The molecular weight excluding hydrogens is 246 g/mol. The second-order valence-electron chi connectivity index (χ2n) is 5.75. The average molecular weight is 269 g/mol. The highest BCUT2D eigenvalue weighted by Crippen LogP contribution is 2.40. The summed E-state index contributed by atoms with van der Waals surface area (Å²) in [6, 6.07) is -0.504. The molecule has 1 aliphatic carbocycles. The van der Waals surface area contributed by atoms with Crippen molar-refractivity contribution in [2.45, 2.75) is 63.6 Å². The maximum atomic E-state index is 12.4. The van der Waals surface area contributed by atoms with E-state index in [0.29, 0.717) is 12.3 Å². The van der Waals surface area contributed by atoms with E-state index in [1.54, 1.807) is 12.0 Å². The summed E-state index contributed by atoms with van der Waals surface area (Å²) < 4.78 is 5.12. The number of methoxy groups -OCH3 is 1. The van der Waals surface area contributed by atoms with Gasteiger partial charge in [-0.3, -0.25) is 4.79 Å². The Morgan fingerprint density at radius 3 is 2.68 bits per heavy atom. The van der Waals surface area contributed by atoms with Crippen LogP contribution in [0.25, 0.3) is 0 Å². The van der Waals surface area contributed by atoms with Crippen molar-refractivity contribution in [3.8, 4) is 0 Å². The van der Waals surface area contributed by atoms with E-state index in [9.17, 15) is 14.7 Å². The molecule has 0 aromatic carbocycles. The number of nitrogens with zero attached hydrogens (tertiary/aromatic N) is 1. The Labute approximate surface area is 113 Å². The normalized spacial score (nSPS) is 31.9. The van der Waals surface area contributed by atoms with E-state index < -0.39 is 12.0 Å². The first-order chi connectivity index (χ1) is 9.04. The number of hydrogen-bond acceptors (Lipinski definition) is 3. The number of hydrogen-bond donors (Lipinski definition) is 1. The summed E-state index contributed by atoms with van der Waals surface area (Å²) in [5, 5.41) is 9.35. The van der Waals surface area contributed by atoms with Crippen LogP contribution in [0, 0.1) is 5.92 Å². The zero-order valence-electron chi connectivity index (χ0n) is 11.7. The minimum atomic E-state index is -0.868. The van der Waals surface area contributed by atoms with Crippen molar-refractivity contribution < 1.29 is 19.4 Å². The molecule has 1 saturated heterocycles. The van der Waals surface area contributed by atoms with Gasteiger partial charge in [-0.15, -0.1) is 0 Å². The Balaban J connectivity index is 2.13. The van der Waals surface area contributed by atoms with Crippen molar-refractivity contribution in [3.05, 3.63) is 0 Å². The molecule has 4 unspecified atom stereocenters. The lowest BCUT2D eigenvalue weighted by molar-refractivity contribution is -0.150. The lowest BCUT2D eigenvalue weighted by Crippen LogP contribution is -2.47. The summed E-state index contributed by atoms with van der Waals surface area (Å²) in [5.41, 5.74) is 0. The molecule has 4 atom stereocenters. The molecule has 5 heteroatoms. The molecule has 1 heterocycles. The van der Waals surface area contributed by atoms with E-state index in [2.05, 4.69) is 0 Å². The molecule has 1 saturated carbocycles. The van der Waals surface area contributed by atoms with Crippen molar-refractivity contribution >= 4 is 11.9 Å². The highest BCUT2D eigenvalue weighted by atomic mass is 16.5. The molecule has 1 N–H and O–H groups in total. The number of likely N-dealkylation sites (tertiary alicyclic amines) is 1. The fourth-order valence-electron chi connectivity index (χ4n) is 3.47. The van der Waals surface area contributed by atoms with Gasteiger partial charge >= 0.3 is 5.97 Å². The first-order valence-electron chi connectivity index (χ1n) is 7.11. The summed E-state index contributed by atoms with van der Waals surface area (Å²) in [6.07, 6.45) is 4.97. The SMILES string of the molecule is COC(C)CC(=O)N1C(C(=O)O)CC2CCCCC21. The van der Waals surface area contributed by atoms with Gasteiger partial charge in [0.2, 0.25) is 5.91 Å². The standard InChI is InChI=1S/C14H23NO4/c1-9(19-2)7-13(16)15-11-6-4-3-5-10(11)8-12(15)14(17)18/h9-12H,3-8H2,1-2H3,(H,17,18). The molecule has 0 aromatic heterocycles. The Bertz CT molecular complexity index is 357. The Morgan fingerprint density at radius 2 is 2.05 bits per heavy atom. The smallest absolute Gasteiger partial charge is 0.326 e. The zero-order valence-corrected chi connectivity index (χ0v) is 11.7. The number of fused-ring (bicyclic) bond motifs is 1. The largest absolute Gasteiger partial charge is 0.480 e. The summed E-state index contributed by atoms with van der Waals surface area (Å²) in [6.45, 7) is 1.84. The van der Waals surface area contributed by atoms with Crippen molar-refractivity contribution in [2.24, 2.45) is 5.92 Å². The summed E-state index contributed by atoms with van der Waals surface area (Å²) in [7, 11) is 1.57. The maximum Gasteiger partial charge on any atom is 0.326 e. The van der Waals surface area contributed by atoms with Gasteiger partial charge in [-0.2, -0.15) is 0 Å². The van der Waals surface area contributed by atoms with Crippen LogP contribution in [-0.4, -0.2) is 47.2 Å². The van der Waals surface area contributed by atoms with E-state index in [0.717, 1.165) is 25.7 Å². The minimum Gasteiger partial charge on any atom is -0.480 e. The number of carboxylic acid groups (broad SMARTS) is 1. The predicted molar refractivity (Wildman–Crippen MR) is 69.7 cm³/mol. The Morgan fingerprint density at radius 1 is 1.37 bits per heavy atom. The molecule has 0 spiro atoms. The van der Waals surface area contributed by atoms with Gasteiger partial charge in [-0.05, 0) is 32.1 Å². The molecule has 108 valence electrons. The average Bonchev–Trinajstić information content (AvgIpc) is 2.78. The highest BCUT2D eigenvalue weighted by Gasteiger charge is 2.47. The third-order valence-electron chi connectivity index (χ3n) is 4.53. The first kappa shape index (κ1) is 14.3. The highest BCUT2D eigenvalue weighted by molar-refractivity contribution is 5.85. The van der Waals surface area contributed by atoms with Gasteiger partial charge in [-0.1, -0.05) is 12.8 Å². The second-order valence-corrected chi connectivity index (χ2v) is 5.75. The van der Waals surface area contributed by atoms with Gasteiger partial charge in [-0.25, -0.2) is 4.79 Å². The van der Waals surface area contributed by atoms with E-state index >= 15 is 0 Å². The van der Waals surface area contributed by atoms with Gasteiger partial charge in [0.05, 0.1) is 12.5 Å². The minimum absolute atomic E-state index is 0.0730. The topological polar surface area (TPSA) is 66.8 Å². The maximum absolute atomic E-state index is 12.4. The summed E-state index contributed by atoms with van der Waals surface area (Å²) in [5.74, 6) is -0.569. The molecule has 0 bridgehead atoms. The molecule has 2 fully saturated rings. The van der Waals surface area contributed by atoms with Gasteiger partial charge in [0.25, 0.3) is 0 Å². The zero-order chi connectivity index (χ0) is 14.0. The summed E-state index contributed by atoms with van der Waals surface area (Å²) in [4.78, 5) is 25.4. The molecule has 2 rings (SSSR count). The molecule has 19 heavy (non-hydrogen) atoms. The van der Waals surface area contributed by atoms with Crippen LogP contribution in [0.3, 0.4) is 0 Å². The Hall–Kier alpha value is -1.10. The van der Waals surface area contributed by atoms with Crippen LogP contribution in [0.1, 0.15) is 45.4 Å². The monoisotopic (exact) mass is 269 g/mol. The third kappa shape index (κ3) is 2.91. The number of rotatable bonds is 4. The predicted octanol–water partition coefficient (Wildman–Crippen LogP) is 1.66. The van der Waals surface area contributed by atoms with Crippen LogP contribution in [0.4, 0.5) is 0 Å². The number of ether oxygens (including phenoxy) is 1. The van der Waals surface area contributed by atoms with Crippen LogP contribution in [0.5, 0.6) is 0 Å². The van der Waals surface area contributed by atoms with E-state index in [1.807, 2.05) is 6.92 Å². The van der Waals surface area contributed by atoms with Crippen LogP contribution >= 0.6 is 0 Å². The molecule has 0 radical (unpaired) electrons. The van der Waals surface area contributed by atoms with Gasteiger partial charge < -0.3 is 14.7 Å². The van der Waals surface area contributed by atoms with Gasteiger partial charge in [0, 0.05) is 13.2 Å². The first-order valence-corrected chi connectivity index (χ1v) is 7.11. The third-order valence-corrected chi connectivity index (χ3v) is 4.53. The van der Waals surface area contributed by atoms with E-state index in [-0.39, 0.29) is 24.5 Å². The lowest BCUT2D eigenvalue weighted by Gasteiger charge is -2.33. The molecule has 0 aromatic rings. The Kier molecular flexibility index (Phi) is 4.45. The molecule has 5 nitrogen and oxygen atoms in total. The fourth-order valence-corrected chi connectivity index (χ4v) is 3.47. The van der Waals surface area contributed by atoms with Crippen molar-refractivity contribution in [1.29, 1.82) is 0 Å². The van der Waals surface area contributed by atoms with Gasteiger partial charge in [0.15, 0.2) is 0 Å².